The second kappa shape index (κ2) is 7.10. The number of hydrogen-bond donors (Lipinski definition) is 1. The lowest BCUT2D eigenvalue weighted by atomic mass is 10.0. The van der Waals surface area contributed by atoms with Gasteiger partial charge in [-0.05, 0) is 29.3 Å². The number of ether oxygens (including phenoxy) is 1. The van der Waals surface area contributed by atoms with Crippen molar-refractivity contribution in [3.8, 4) is 5.75 Å². The smallest absolute Gasteiger partial charge is 0.124 e. The fourth-order valence-electron chi connectivity index (χ4n) is 2.72. The van der Waals surface area contributed by atoms with E-state index in [1.54, 1.807) is 0 Å². The third-order valence-corrected chi connectivity index (χ3v) is 3.77. The lowest BCUT2D eigenvalue weighted by Crippen LogP contribution is -2.14. The first kappa shape index (κ1) is 14.6. The highest BCUT2D eigenvalue weighted by Gasteiger charge is 2.08. The van der Waals surface area contributed by atoms with Gasteiger partial charge in [0.25, 0.3) is 0 Å². The van der Waals surface area contributed by atoms with Crippen molar-refractivity contribution in [1.82, 2.24) is 5.32 Å². The molecule has 0 atom stereocenters. The molecular weight excluding hydrogens is 270 g/mol. The molecule has 0 radical (unpaired) electrons. The molecule has 0 spiro atoms. The van der Waals surface area contributed by atoms with E-state index in [9.17, 15) is 0 Å². The van der Waals surface area contributed by atoms with E-state index in [2.05, 4.69) is 66.0 Å². The first-order valence-electron chi connectivity index (χ1n) is 7.76. The van der Waals surface area contributed by atoms with Crippen molar-refractivity contribution < 1.29 is 4.74 Å². The molecule has 0 aliphatic rings. The number of rotatable bonds is 6. The molecule has 3 rings (SSSR count). The van der Waals surface area contributed by atoms with Crippen LogP contribution < -0.4 is 10.1 Å². The third kappa shape index (κ3) is 3.29. The summed E-state index contributed by atoms with van der Waals surface area (Å²) >= 11 is 0. The number of fused-ring (bicyclic) bond motifs is 1. The van der Waals surface area contributed by atoms with Crippen molar-refractivity contribution in [2.45, 2.75) is 20.0 Å². The summed E-state index contributed by atoms with van der Waals surface area (Å²) < 4.78 is 5.81. The van der Waals surface area contributed by atoms with Crippen molar-refractivity contribution in [2.75, 3.05) is 6.61 Å². The molecule has 1 N–H and O–H groups in total. The van der Waals surface area contributed by atoms with Crippen LogP contribution in [0.25, 0.3) is 10.8 Å². The third-order valence-electron chi connectivity index (χ3n) is 3.77. The predicted octanol–water partition coefficient (Wildman–Crippen LogP) is 4.53. The van der Waals surface area contributed by atoms with Gasteiger partial charge in [-0.1, -0.05) is 60.7 Å². The average molecular weight is 291 g/mol. The normalized spacial score (nSPS) is 10.8. The Hall–Kier alpha value is -2.32. The van der Waals surface area contributed by atoms with Crippen LogP contribution in [0.15, 0.2) is 66.7 Å². The van der Waals surface area contributed by atoms with Crippen LogP contribution in [0, 0.1) is 0 Å². The number of benzene rings is 3. The van der Waals surface area contributed by atoms with Gasteiger partial charge in [-0.2, -0.15) is 0 Å². The Morgan fingerprint density at radius 3 is 2.41 bits per heavy atom. The van der Waals surface area contributed by atoms with E-state index in [1.807, 2.05) is 13.0 Å². The van der Waals surface area contributed by atoms with E-state index >= 15 is 0 Å². The second-order valence-corrected chi connectivity index (χ2v) is 5.29. The van der Waals surface area contributed by atoms with E-state index < -0.39 is 0 Å². The molecule has 22 heavy (non-hydrogen) atoms. The Balaban J connectivity index is 1.82. The molecule has 0 saturated heterocycles. The molecule has 2 heteroatoms. The maximum absolute atomic E-state index is 5.81. The monoisotopic (exact) mass is 291 g/mol. The number of hydrogen-bond acceptors (Lipinski definition) is 2. The maximum atomic E-state index is 5.81. The van der Waals surface area contributed by atoms with Gasteiger partial charge in [0.05, 0.1) is 6.61 Å². The maximum Gasteiger partial charge on any atom is 0.124 e. The van der Waals surface area contributed by atoms with Gasteiger partial charge in [-0.15, -0.1) is 0 Å². The van der Waals surface area contributed by atoms with Gasteiger partial charge in [-0.3, -0.25) is 0 Å². The lowest BCUT2D eigenvalue weighted by Gasteiger charge is -2.14. The summed E-state index contributed by atoms with van der Waals surface area (Å²) in [7, 11) is 0. The highest BCUT2D eigenvalue weighted by atomic mass is 16.5. The van der Waals surface area contributed by atoms with Crippen LogP contribution in [0.4, 0.5) is 0 Å². The molecule has 2 nitrogen and oxygen atoms in total. The van der Waals surface area contributed by atoms with Crippen molar-refractivity contribution in [2.24, 2.45) is 0 Å². The summed E-state index contributed by atoms with van der Waals surface area (Å²) in [6.07, 6.45) is 0. The highest BCUT2D eigenvalue weighted by Crippen LogP contribution is 2.28. The van der Waals surface area contributed by atoms with Gasteiger partial charge in [0.1, 0.15) is 5.75 Å². The second-order valence-electron chi connectivity index (χ2n) is 5.29. The van der Waals surface area contributed by atoms with E-state index in [-0.39, 0.29) is 0 Å². The van der Waals surface area contributed by atoms with Crippen LogP contribution in [0.3, 0.4) is 0 Å². The van der Waals surface area contributed by atoms with Gasteiger partial charge in [0.2, 0.25) is 0 Å². The van der Waals surface area contributed by atoms with Gasteiger partial charge in [0, 0.05) is 18.7 Å². The molecule has 0 aliphatic heterocycles. The molecular formula is C20H21NO. The molecule has 0 saturated carbocycles. The summed E-state index contributed by atoms with van der Waals surface area (Å²) in [5, 5.41) is 6.04. The summed E-state index contributed by atoms with van der Waals surface area (Å²) in [4.78, 5) is 0. The lowest BCUT2D eigenvalue weighted by molar-refractivity contribution is 0.336. The molecule has 0 aromatic heterocycles. The fraction of sp³-hybridized carbons (Fsp3) is 0.200. The van der Waals surface area contributed by atoms with Gasteiger partial charge < -0.3 is 10.1 Å². The standard InChI is InChI=1S/C20H21NO/c1-2-22-20-13-12-17-10-6-7-11-18(17)19(20)15-21-14-16-8-4-3-5-9-16/h3-13,21H,2,14-15H2,1H3. The fourth-order valence-corrected chi connectivity index (χ4v) is 2.72. The van der Waals surface area contributed by atoms with Crippen LogP contribution in [-0.4, -0.2) is 6.61 Å². The SMILES string of the molecule is CCOc1ccc2ccccc2c1CNCc1ccccc1. The van der Waals surface area contributed by atoms with Crippen LogP contribution in [-0.2, 0) is 13.1 Å². The molecule has 0 amide bonds. The van der Waals surface area contributed by atoms with E-state index in [4.69, 9.17) is 4.74 Å². The minimum absolute atomic E-state index is 0.685. The number of nitrogens with one attached hydrogen (secondary N) is 1. The molecule has 112 valence electrons. The Morgan fingerprint density at radius 1 is 0.818 bits per heavy atom. The van der Waals surface area contributed by atoms with Crippen LogP contribution in [0.1, 0.15) is 18.1 Å². The molecule has 0 heterocycles. The summed E-state index contributed by atoms with van der Waals surface area (Å²) in [6, 6.07) is 23.1. The Kier molecular flexibility index (Phi) is 4.71. The predicted molar refractivity (Wildman–Crippen MR) is 92.1 cm³/mol. The first-order valence-corrected chi connectivity index (χ1v) is 7.76. The molecule has 0 bridgehead atoms. The van der Waals surface area contributed by atoms with Crippen molar-refractivity contribution >= 4 is 10.8 Å². The topological polar surface area (TPSA) is 21.3 Å². The molecule has 0 aliphatic carbocycles. The molecule has 3 aromatic carbocycles. The Labute approximate surface area is 131 Å². The minimum Gasteiger partial charge on any atom is -0.494 e. The molecule has 0 unspecified atom stereocenters. The van der Waals surface area contributed by atoms with Crippen molar-refractivity contribution in [3.05, 3.63) is 77.9 Å². The highest BCUT2D eigenvalue weighted by molar-refractivity contribution is 5.87. The largest absolute Gasteiger partial charge is 0.494 e. The average Bonchev–Trinajstić information content (AvgIpc) is 2.57. The van der Waals surface area contributed by atoms with Crippen molar-refractivity contribution in [1.29, 1.82) is 0 Å². The zero-order valence-corrected chi connectivity index (χ0v) is 12.9. The summed E-state index contributed by atoms with van der Waals surface area (Å²) in [6.45, 7) is 4.36. The zero-order chi connectivity index (χ0) is 15.2. The quantitative estimate of drug-likeness (QED) is 0.720. The van der Waals surface area contributed by atoms with Crippen LogP contribution >= 0.6 is 0 Å². The first-order chi connectivity index (χ1) is 10.9. The summed E-state index contributed by atoms with van der Waals surface area (Å²) in [5.41, 5.74) is 2.52. The Morgan fingerprint density at radius 2 is 1.59 bits per heavy atom. The van der Waals surface area contributed by atoms with E-state index in [1.165, 1.54) is 21.9 Å². The van der Waals surface area contributed by atoms with Crippen molar-refractivity contribution in [3.63, 3.8) is 0 Å². The molecule has 0 fully saturated rings. The zero-order valence-electron chi connectivity index (χ0n) is 12.9. The van der Waals surface area contributed by atoms with Gasteiger partial charge >= 0.3 is 0 Å². The minimum atomic E-state index is 0.685. The van der Waals surface area contributed by atoms with Gasteiger partial charge in [-0.25, -0.2) is 0 Å². The van der Waals surface area contributed by atoms with Gasteiger partial charge in [0.15, 0.2) is 0 Å². The summed E-state index contributed by atoms with van der Waals surface area (Å²) in [5.74, 6) is 0.974. The Bertz CT molecular complexity index is 737. The van der Waals surface area contributed by atoms with Crippen LogP contribution in [0.2, 0.25) is 0 Å². The van der Waals surface area contributed by atoms with Crippen LogP contribution in [0.5, 0.6) is 5.75 Å². The van der Waals surface area contributed by atoms with E-state index in [0.717, 1.165) is 18.8 Å². The van der Waals surface area contributed by atoms with E-state index in [0.29, 0.717) is 6.61 Å². The molecule has 3 aromatic rings.